The predicted molar refractivity (Wildman–Crippen MR) is 92.5 cm³/mol. The van der Waals surface area contributed by atoms with Crippen LogP contribution in [0.5, 0.6) is 0 Å². The number of carbonyl (C=O) groups is 1. The fourth-order valence-corrected chi connectivity index (χ4v) is 2.66. The van der Waals surface area contributed by atoms with Gasteiger partial charge in [-0.15, -0.1) is 0 Å². The van der Waals surface area contributed by atoms with Crippen LogP contribution in [0.1, 0.15) is 10.5 Å². The Morgan fingerprint density at radius 3 is 2.57 bits per heavy atom. The highest BCUT2D eigenvalue weighted by molar-refractivity contribution is 6.06. The number of nitrogens with one attached hydrogen (secondary N) is 3. The Morgan fingerprint density at radius 2 is 1.78 bits per heavy atom. The molecule has 2 aromatic heterocycles. The van der Waals surface area contributed by atoms with Gasteiger partial charge in [-0.2, -0.15) is 0 Å². The number of amides is 1. The minimum Gasteiger partial charge on any atom is -0.366 e. The van der Waals surface area contributed by atoms with Crippen molar-refractivity contribution in [2.75, 3.05) is 5.32 Å². The predicted octanol–water partition coefficient (Wildman–Crippen LogP) is 4.42. The van der Waals surface area contributed by atoms with Gasteiger partial charge in [-0.25, -0.2) is 0 Å². The van der Waals surface area contributed by atoms with Crippen molar-refractivity contribution in [1.29, 1.82) is 0 Å². The molecule has 23 heavy (non-hydrogen) atoms. The second-order valence-electron chi connectivity index (χ2n) is 5.40. The third-order valence-electron chi connectivity index (χ3n) is 3.83. The number of benzene rings is 2. The molecule has 0 atom stereocenters. The summed E-state index contributed by atoms with van der Waals surface area (Å²) in [5.74, 6) is -0.151. The highest BCUT2D eigenvalue weighted by Gasteiger charge is 2.10. The Balaban J connectivity index is 1.67. The van der Waals surface area contributed by atoms with Crippen molar-refractivity contribution < 1.29 is 4.79 Å². The van der Waals surface area contributed by atoms with E-state index in [0.29, 0.717) is 5.69 Å². The van der Waals surface area contributed by atoms with Crippen LogP contribution in [-0.2, 0) is 0 Å². The van der Waals surface area contributed by atoms with Crippen LogP contribution in [-0.4, -0.2) is 15.9 Å². The van der Waals surface area contributed by atoms with E-state index in [1.54, 1.807) is 12.4 Å². The van der Waals surface area contributed by atoms with Crippen molar-refractivity contribution in [3.05, 3.63) is 78.8 Å². The molecule has 2 heterocycles. The van der Waals surface area contributed by atoms with Crippen LogP contribution in [0.15, 0.2) is 73.1 Å². The Kier molecular flexibility index (Phi) is 3.20. The van der Waals surface area contributed by atoms with Crippen LogP contribution < -0.4 is 5.32 Å². The van der Waals surface area contributed by atoms with E-state index in [4.69, 9.17) is 0 Å². The van der Waals surface area contributed by atoms with Crippen molar-refractivity contribution in [3.63, 3.8) is 0 Å². The Morgan fingerprint density at radius 1 is 0.913 bits per heavy atom. The topological polar surface area (TPSA) is 60.7 Å². The highest BCUT2D eigenvalue weighted by Crippen LogP contribution is 2.25. The molecule has 0 aliphatic carbocycles. The summed E-state index contributed by atoms with van der Waals surface area (Å²) in [5, 5.41) is 3.86. The maximum Gasteiger partial charge on any atom is 0.272 e. The number of aromatic nitrogens is 2. The van der Waals surface area contributed by atoms with E-state index in [-0.39, 0.29) is 5.91 Å². The van der Waals surface area contributed by atoms with Gasteiger partial charge in [0.2, 0.25) is 0 Å². The summed E-state index contributed by atoms with van der Waals surface area (Å²) in [5.41, 5.74) is 4.52. The Labute approximate surface area is 133 Å². The van der Waals surface area contributed by atoms with Gasteiger partial charge in [-0.1, -0.05) is 42.5 Å². The van der Waals surface area contributed by atoms with E-state index < -0.39 is 0 Å². The van der Waals surface area contributed by atoms with Crippen molar-refractivity contribution >= 4 is 22.5 Å². The van der Waals surface area contributed by atoms with Crippen molar-refractivity contribution in [2.24, 2.45) is 0 Å². The smallest absolute Gasteiger partial charge is 0.272 e. The molecule has 112 valence electrons. The number of rotatable bonds is 3. The number of H-pyrrole nitrogens is 2. The zero-order chi connectivity index (χ0) is 15.6. The van der Waals surface area contributed by atoms with Gasteiger partial charge in [0.15, 0.2) is 0 Å². The average Bonchev–Trinajstić information content (AvgIpc) is 3.24. The molecule has 2 aromatic carbocycles. The average molecular weight is 301 g/mol. The van der Waals surface area contributed by atoms with E-state index in [1.165, 1.54) is 0 Å². The first-order chi connectivity index (χ1) is 11.3. The molecule has 0 bridgehead atoms. The quantitative estimate of drug-likeness (QED) is 0.515. The van der Waals surface area contributed by atoms with Gasteiger partial charge in [0.1, 0.15) is 5.69 Å². The van der Waals surface area contributed by atoms with Gasteiger partial charge in [0, 0.05) is 23.3 Å². The minimum atomic E-state index is -0.151. The molecule has 0 aliphatic rings. The minimum absolute atomic E-state index is 0.151. The Bertz CT molecular complexity index is 953. The lowest BCUT2D eigenvalue weighted by Crippen LogP contribution is -2.11. The highest BCUT2D eigenvalue weighted by atomic mass is 16.1. The van der Waals surface area contributed by atoms with Gasteiger partial charge >= 0.3 is 0 Å². The summed E-state index contributed by atoms with van der Waals surface area (Å²) >= 11 is 0. The monoisotopic (exact) mass is 301 g/mol. The maximum atomic E-state index is 12.3. The summed E-state index contributed by atoms with van der Waals surface area (Å²) in [7, 11) is 0. The molecule has 4 rings (SSSR count). The van der Waals surface area contributed by atoms with Crippen molar-refractivity contribution in [3.8, 4) is 11.1 Å². The third-order valence-corrected chi connectivity index (χ3v) is 3.83. The van der Waals surface area contributed by atoms with Crippen molar-refractivity contribution in [1.82, 2.24) is 9.97 Å². The molecule has 4 aromatic rings. The first kappa shape index (κ1) is 13.4. The molecule has 3 N–H and O–H groups in total. The van der Waals surface area contributed by atoms with Crippen LogP contribution >= 0.6 is 0 Å². The molecule has 0 aliphatic heterocycles. The van der Waals surface area contributed by atoms with Crippen molar-refractivity contribution in [2.45, 2.75) is 0 Å². The molecule has 0 saturated heterocycles. The summed E-state index contributed by atoms with van der Waals surface area (Å²) in [6.07, 6.45) is 3.51. The van der Waals surface area contributed by atoms with Gasteiger partial charge in [0.05, 0.1) is 5.69 Å². The molecule has 0 unspecified atom stereocenters. The second kappa shape index (κ2) is 5.50. The van der Waals surface area contributed by atoms with E-state index in [1.807, 2.05) is 36.4 Å². The molecule has 1 amide bonds. The lowest BCUT2D eigenvalue weighted by atomic mass is 10.0. The number of anilines is 1. The second-order valence-corrected chi connectivity index (χ2v) is 5.40. The molecule has 4 heteroatoms. The summed E-state index contributed by atoms with van der Waals surface area (Å²) in [6.45, 7) is 0. The Hall–Kier alpha value is -3.27. The summed E-state index contributed by atoms with van der Waals surface area (Å²) in [6, 6.07) is 20.0. The van der Waals surface area contributed by atoms with Gasteiger partial charge < -0.3 is 15.3 Å². The molecule has 0 fully saturated rings. The van der Waals surface area contributed by atoms with Gasteiger partial charge in [-0.3, -0.25) is 4.79 Å². The number of hydrogen-bond acceptors (Lipinski definition) is 1. The molecular weight excluding hydrogens is 286 g/mol. The molecule has 0 spiro atoms. The lowest BCUT2D eigenvalue weighted by Gasteiger charge is -2.01. The van der Waals surface area contributed by atoms with E-state index in [9.17, 15) is 4.79 Å². The van der Waals surface area contributed by atoms with Gasteiger partial charge in [0.25, 0.3) is 5.91 Å². The number of aromatic amines is 2. The SMILES string of the molecule is O=C(Nc1cc[nH]c1)c1cc2ccc(-c3ccccc3)cc2[nH]1. The number of hydrogen-bond donors (Lipinski definition) is 3. The van der Waals surface area contributed by atoms with Gasteiger partial charge in [-0.05, 0) is 29.3 Å². The fraction of sp³-hybridized carbons (Fsp3) is 0. The van der Waals surface area contributed by atoms with Crippen LogP contribution in [0.4, 0.5) is 5.69 Å². The zero-order valence-corrected chi connectivity index (χ0v) is 12.3. The summed E-state index contributed by atoms with van der Waals surface area (Å²) < 4.78 is 0. The lowest BCUT2D eigenvalue weighted by molar-refractivity contribution is 0.102. The third kappa shape index (κ3) is 2.62. The number of carbonyl (C=O) groups excluding carboxylic acids is 1. The zero-order valence-electron chi connectivity index (χ0n) is 12.3. The van der Waals surface area contributed by atoms with E-state index >= 15 is 0 Å². The molecular formula is C19H15N3O. The fourth-order valence-electron chi connectivity index (χ4n) is 2.66. The first-order valence-corrected chi connectivity index (χ1v) is 7.42. The van der Waals surface area contributed by atoms with Crippen LogP contribution in [0.25, 0.3) is 22.0 Å². The normalized spacial score (nSPS) is 10.8. The maximum absolute atomic E-state index is 12.3. The standard InChI is InChI=1S/C19H15N3O/c23-19(21-16-8-9-20-12-16)18-11-15-7-6-14(10-17(15)22-18)13-4-2-1-3-5-13/h1-12,20,22H,(H,21,23). The van der Waals surface area contributed by atoms with Crippen LogP contribution in [0.2, 0.25) is 0 Å². The summed E-state index contributed by atoms with van der Waals surface area (Å²) in [4.78, 5) is 18.4. The molecule has 0 radical (unpaired) electrons. The largest absolute Gasteiger partial charge is 0.366 e. The number of fused-ring (bicyclic) bond motifs is 1. The first-order valence-electron chi connectivity index (χ1n) is 7.42. The molecule has 4 nitrogen and oxygen atoms in total. The van der Waals surface area contributed by atoms with E-state index in [0.717, 1.165) is 27.7 Å². The van der Waals surface area contributed by atoms with E-state index in [2.05, 4.69) is 39.6 Å². The van der Waals surface area contributed by atoms with Crippen LogP contribution in [0.3, 0.4) is 0 Å². The molecule has 0 saturated carbocycles. The van der Waals surface area contributed by atoms with Crippen LogP contribution in [0, 0.1) is 0 Å².